The van der Waals surface area contributed by atoms with E-state index in [4.69, 9.17) is 11.6 Å². The van der Waals surface area contributed by atoms with Gasteiger partial charge in [-0.05, 0) is 24.3 Å². The number of fused-ring (bicyclic) bond motifs is 1. The van der Waals surface area contributed by atoms with Gasteiger partial charge in [-0.2, -0.15) is 0 Å². The molecule has 0 unspecified atom stereocenters. The van der Waals surface area contributed by atoms with E-state index in [0.717, 1.165) is 11.3 Å². The number of rotatable bonds is 3. The standard InChI is InChI=1S/C14H12ClN5O/c15-10-3-4-13-18-12(9-20(13)8-10)7-17-14(21)19-11-2-1-5-16-6-11/h1-6,8-9H,7H2,(H2,17,19,21). The van der Waals surface area contributed by atoms with E-state index in [1.807, 2.05) is 16.7 Å². The molecule has 6 nitrogen and oxygen atoms in total. The van der Waals surface area contributed by atoms with Crippen molar-refractivity contribution in [1.82, 2.24) is 19.7 Å². The molecule has 0 aliphatic rings. The Kier molecular flexibility index (Phi) is 3.70. The fraction of sp³-hybridized carbons (Fsp3) is 0.0714. The molecule has 0 fully saturated rings. The summed E-state index contributed by atoms with van der Waals surface area (Å²) in [4.78, 5) is 20.1. The molecule has 106 valence electrons. The van der Waals surface area contributed by atoms with Crippen molar-refractivity contribution >= 4 is 29.0 Å². The average Bonchev–Trinajstić information content (AvgIpc) is 2.88. The van der Waals surface area contributed by atoms with Crippen LogP contribution in [0.5, 0.6) is 0 Å². The number of urea groups is 1. The summed E-state index contributed by atoms with van der Waals surface area (Å²) < 4.78 is 1.82. The minimum atomic E-state index is -0.307. The topological polar surface area (TPSA) is 71.3 Å². The molecule has 3 aromatic heterocycles. The average molecular weight is 302 g/mol. The second-order valence-corrected chi connectivity index (χ2v) is 4.83. The Morgan fingerprint density at radius 1 is 1.29 bits per heavy atom. The number of carbonyl (C=O) groups is 1. The first-order valence-corrected chi connectivity index (χ1v) is 6.66. The first-order valence-electron chi connectivity index (χ1n) is 6.29. The number of nitrogens with one attached hydrogen (secondary N) is 2. The van der Waals surface area contributed by atoms with Crippen LogP contribution in [0, 0.1) is 0 Å². The summed E-state index contributed by atoms with van der Waals surface area (Å²) in [6.45, 7) is 0.325. The van der Waals surface area contributed by atoms with Gasteiger partial charge in [-0.25, -0.2) is 9.78 Å². The third kappa shape index (κ3) is 3.29. The summed E-state index contributed by atoms with van der Waals surface area (Å²) in [6.07, 6.45) is 6.81. The van der Waals surface area contributed by atoms with E-state index >= 15 is 0 Å². The molecule has 0 saturated heterocycles. The number of hydrogen-bond acceptors (Lipinski definition) is 3. The van der Waals surface area contributed by atoms with E-state index in [1.165, 1.54) is 0 Å². The Hall–Kier alpha value is -2.60. The molecular formula is C14H12ClN5O. The smallest absolute Gasteiger partial charge is 0.319 e. The van der Waals surface area contributed by atoms with Gasteiger partial charge in [0, 0.05) is 18.6 Å². The molecule has 2 amide bonds. The second kappa shape index (κ2) is 5.80. The van der Waals surface area contributed by atoms with E-state index in [1.54, 1.807) is 36.8 Å². The monoisotopic (exact) mass is 301 g/mol. The highest BCUT2D eigenvalue weighted by Gasteiger charge is 2.05. The Morgan fingerprint density at radius 2 is 2.19 bits per heavy atom. The molecule has 0 aliphatic heterocycles. The quantitative estimate of drug-likeness (QED) is 0.781. The third-order valence-electron chi connectivity index (χ3n) is 2.81. The van der Waals surface area contributed by atoms with E-state index in [0.29, 0.717) is 17.3 Å². The van der Waals surface area contributed by atoms with Crippen LogP contribution in [0.25, 0.3) is 5.65 Å². The molecule has 3 heterocycles. The SMILES string of the molecule is O=C(NCc1cn2cc(Cl)ccc2n1)Nc1cccnc1. The lowest BCUT2D eigenvalue weighted by molar-refractivity contribution is 0.251. The number of anilines is 1. The lowest BCUT2D eigenvalue weighted by Gasteiger charge is -2.05. The van der Waals surface area contributed by atoms with Gasteiger partial charge in [0.25, 0.3) is 0 Å². The van der Waals surface area contributed by atoms with Gasteiger partial charge < -0.3 is 15.0 Å². The lowest BCUT2D eigenvalue weighted by atomic mass is 10.4. The maximum atomic E-state index is 11.7. The van der Waals surface area contributed by atoms with E-state index in [9.17, 15) is 4.79 Å². The highest BCUT2D eigenvalue weighted by atomic mass is 35.5. The highest BCUT2D eigenvalue weighted by Crippen LogP contribution is 2.11. The van der Waals surface area contributed by atoms with Gasteiger partial charge in [0.1, 0.15) is 5.65 Å². The number of halogens is 1. The van der Waals surface area contributed by atoms with Gasteiger partial charge in [-0.15, -0.1) is 0 Å². The summed E-state index contributed by atoms with van der Waals surface area (Å²) in [6, 6.07) is 6.80. The molecule has 2 N–H and O–H groups in total. The predicted molar refractivity (Wildman–Crippen MR) is 80.3 cm³/mol. The van der Waals surface area contributed by atoms with E-state index in [-0.39, 0.29) is 6.03 Å². The van der Waals surface area contributed by atoms with Crippen molar-refractivity contribution in [2.24, 2.45) is 0 Å². The maximum Gasteiger partial charge on any atom is 0.319 e. The van der Waals surface area contributed by atoms with Crippen LogP contribution in [0.2, 0.25) is 5.02 Å². The first kappa shape index (κ1) is 13.4. The Balaban J connectivity index is 1.62. The van der Waals surface area contributed by atoms with Gasteiger partial charge in [0.05, 0.1) is 29.1 Å². The van der Waals surface area contributed by atoms with Crippen molar-refractivity contribution < 1.29 is 4.79 Å². The van der Waals surface area contributed by atoms with Crippen molar-refractivity contribution in [2.75, 3.05) is 5.32 Å². The molecule has 0 aliphatic carbocycles. The first-order chi connectivity index (χ1) is 10.2. The number of aromatic nitrogens is 3. The van der Waals surface area contributed by atoms with Crippen molar-refractivity contribution in [2.45, 2.75) is 6.54 Å². The number of pyridine rings is 2. The molecule has 0 radical (unpaired) electrons. The zero-order valence-electron chi connectivity index (χ0n) is 11.0. The second-order valence-electron chi connectivity index (χ2n) is 4.39. The number of nitrogens with zero attached hydrogens (tertiary/aromatic N) is 3. The molecule has 21 heavy (non-hydrogen) atoms. The third-order valence-corrected chi connectivity index (χ3v) is 3.04. The maximum absolute atomic E-state index is 11.7. The van der Waals surface area contributed by atoms with E-state index in [2.05, 4.69) is 20.6 Å². The zero-order valence-corrected chi connectivity index (χ0v) is 11.7. The normalized spacial score (nSPS) is 10.5. The molecular weight excluding hydrogens is 290 g/mol. The molecule has 7 heteroatoms. The largest absolute Gasteiger partial charge is 0.332 e. The van der Waals surface area contributed by atoms with Crippen LogP contribution in [0.4, 0.5) is 10.5 Å². The fourth-order valence-electron chi connectivity index (χ4n) is 1.89. The summed E-state index contributed by atoms with van der Waals surface area (Å²) in [5, 5.41) is 6.06. The lowest BCUT2D eigenvalue weighted by Crippen LogP contribution is -2.28. The minimum absolute atomic E-state index is 0.307. The van der Waals surface area contributed by atoms with E-state index < -0.39 is 0 Å². The molecule has 0 spiro atoms. The number of amides is 2. The molecule has 3 rings (SSSR count). The van der Waals surface area contributed by atoms with Crippen LogP contribution in [-0.2, 0) is 6.54 Å². The van der Waals surface area contributed by atoms with Crippen LogP contribution in [-0.4, -0.2) is 20.4 Å². The van der Waals surface area contributed by atoms with Crippen molar-refractivity contribution in [3.63, 3.8) is 0 Å². The van der Waals surface area contributed by atoms with Gasteiger partial charge in [0.2, 0.25) is 0 Å². The molecule has 0 bridgehead atoms. The van der Waals surface area contributed by atoms with Gasteiger partial charge >= 0.3 is 6.03 Å². The van der Waals surface area contributed by atoms with Crippen LogP contribution in [0.1, 0.15) is 5.69 Å². The Bertz CT molecular complexity index is 771. The van der Waals surface area contributed by atoms with Crippen LogP contribution >= 0.6 is 11.6 Å². The molecule has 0 aromatic carbocycles. The van der Waals surface area contributed by atoms with Gasteiger partial charge in [-0.1, -0.05) is 11.6 Å². The molecule has 0 atom stereocenters. The Morgan fingerprint density at radius 3 is 3.00 bits per heavy atom. The number of hydrogen-bond donors (Lipinski definition) is 2. The molecule has 0 saturated carbocycles. The predicted octanol–water partition coefficient (Wildman–Crippen LogP) is 2.70. The summed E-state index contributed by atoms with van der Waals surface area (Å²) in [5.41, 5.74) is 2.17. The van der Waals surface area contributed by atoms with Crippen molar-refractivity contribution in [1.29, 1.82) is 0 Å². The summed E-state index contributed by atoms with van der Waals surface area (Å²) in [5.74, 6) is 0. The Labute approximate surface area is 125 Å². The van der Waals surface area contributed by atoms with Crippen LogP contribution < -0.4 is 10.6 Å². The van der Waals surface area contributed by atoms with Crippen LogP contribution in [0.3, 0.4) is 0 Å². The summed E-state index contributed by atoms with van der Waals surface area (Å²) >= 11 is 5.91. The van der Waals surface area contributed by atoms with Crippen LogP contribution in [0.15, 0.2) is 49.1 Å². The number of imidazole rings is 1. The zero-order chi connectivity index (χ0) is 14.7. The highest BCUT2D eigenvalue weighted by molar-refractivity contribution is 6.30. The molecule has 3 aromatic rings. The summed E-state index contributed by atoms with van der Waals surface area (Å²) in [7, 11) is 0. The fourth-order valence-corrected chi connectivity index (χ4v) is 2.05. The van der Waals surface area contributed by atoms with Crippen molar-refractivity contribution in [3.05, 3.63) is 59.8 Å². The van der Waals surface area contributed by atoms with Gasteiger partial charge in [-0.3, -0.25) is 4.98 Å². The minimum Gasteiger partial charge on any atom is -0.332 e. The van der Waals surface area contributed by atoms with Gasteiger partial charge in [0.15, 0.2) is 0 Å². The van der Waals surface area contributed by atoms with Crippen molar-refractivity contribution in [3.8, 4) is 0 Å². The number of carbonyl (C=O) groups excluding carboxylic acids is 1.